The molecule has 24 heavy (non-hydrogen) atoms. The summed E-state index contributed by atoms with van der Waals surface area (Å²) < 4.78 is 0. The fourth-order valence-electron chi connectivity index (χ4n) is 4.97. The Morgan fingerprint density at radius 2 is 1.17 bits per heavy atom. The second-order valence-corrected chi connectivity index (χ2v) is 7.49. The minimum absolute atomic E-state index is 0.347. The molecule has 0 radical (unpaired) electrons. The van der Waals surface area contributed by atoms with Gasteiger partial charge in [-0.2, -0.15) is 0 Å². The highest BCUT2D eigenvalue weighted by molar-refractivity contribution is 5.98. The number of ketones is 1. The third-order valence-electron chi connectivity index (χ3n) is 6.19. The number of H-pyrrole nitrogens is 2. The first-order valence-corrected chi connectivity index (χ1v) is 9.33. The molecule has 2 heterocycles. The number of aromatic nitrogens is 4. The number of hydrogen-bond donors (Lipinski definition) is 2. The van der Waals surface area contributed by atoms with E-state index in [9.17, 15) is 4.79 Å². The molecule has 0 unspecified atom stereocenters. The Morgan fingerprint density at radius 3 is 1.50 bits per heavy atom. The van der Waals surface area contributed by atoms with Crippen LogP contribution in [-0.4, -0.2) is 25.7 Å². The molecular formula is C19H26N4O. The molecule has 2 aromatic rings. The first-order valence-electron chi connectivity index (χ1n) is 9.33. The van der Waals surface area contributed by atoms with Gasteiger partial charge in [-0.3, -0.25) is 4.79 Å². The van der Waals surface area contributed by atoms with Gasteiger partial charge in [-0.05, 0) is 25.7 Å². The number of carbonyl (C=O) groups excluding carboxylic acids is 1. The zero-order valence-corrected chi connectivity index (χ0v) is 14.2. The van der Waals surface area contributed by atoms with Gasteiger partial charge in [0.25, 0.3) is 0 Å². The third kappa shape index (κ3) is 2.33. The molecule has 2 N–H and O–H groups in total. The molecule has 5 nitrogen and oxygen atoms in total. The van der Waals surface area contributed by atoms with Crippen molar-refractivity contribution in [2.75, 3.05) is 0 Å². The van der Waals surface area contributed by atoms with Crippen LogP contribution >= 0.6 is 0 Å². The lowest BCUT2D eigenvalue weighted by Crippen LogP contribution is -2.52. The topological polar surface area (TPSA) is 74.4 Å². The number of hydrogen-bond acceptors (Lipinski definition) is 3. The van der Waals surface area contributed by atoms with Gasteiger partial charge in [0.05, 0.1) is 10.8 Å². The lowest BCUT2D eigenvalue weighted by Gasteiger charge is -2.43. The highest BCUT2D eigenvalue weighted by Crippen LogP contribution is 2.48. The predicted molar refractivity (Wildman–Crippen MR) is 91.7 cm³/mol. The summed E-state index contributed by atoms with van der Waals surface area (Å²) in [6.07, 6.45) is 17.7. The van der Waals surface area contributed by atoms with Crippen molar-refractivity contribution in [3.63, 3.8) is 0 Å². The zero-order chi connectivity index (χ0) is 16.5. The maximum Gasteiger partial charge on any atom is 0.160 e. The lowest BCUT2D eigenvalue weighted by molar-refractivity contribution is -0.133. The molecule has 2 aliphatic rings. The van der Waals surface area contributed by atoms with Gasteiger partial charge >= 0.3 is 0 Å². The molecule has 2 aromatic heterocycles. The van der Waals surface area contributed by atoms with Crippen LogP contribution in [0.1, 0.15) is 75.9 Å². The number of Topliss-reactive ketones (excluding diaryl/α,β-unsaturated/α-hetero) is 1. The molecule has 5 heteroatoms. The molecule has 0 amide bonds. The van der Waals surface area contributed by atoms with Crippen LogP contribution in [0.4, 0.5) is 0 Å². The van der Waals surface area contributed by atoms with Crippen molar-refractivity contribution in [1.82, 2.24) is 19.9 Å². The van der Waals surface area contributed by atoms with Crippen LogP contribution in [0, 0.1) is 0 Å². The van der Waals surface area contributed by atoms with E-state index in [0.29, 0.717) is 5.78 Å². The van der Waals surface area contributed by atoms with Gasteiger partial charge in [-0.15, -0.1) is 0 Å². The predicted octanol–water partition coefficient (Wildman–Crippen LogP) is 3.81. The zero-order valence-electron chi connectivity index (χ0n) is 14.2. The number of nitrogens with zero attached hydrogens (tertiary/aromatic N) is 2. The summed E-state index contributed by atoms with van der Waals surface area (Å²) in [4.78, 5) is 29.7. The first-order chi connectivity index (χ1) is 11.8. The van der Waals surface area contributed by atoms with Crippen LogP contribution in [0.15, 0.2) is 24.8 Å². The van der Waals surface area contributed by atoms with E-state index in [1.54, 1.807) is 12.4 Å². The SMILES string of the molecule is O=C(C1(c2ncc[nH]2)CCCCC1)C1(c2ncc[nH]2)CCCCC1. The Labute approximate surface area is 142 Å². The van der Waals surface area contributed by atoms with Gasteiger partial charge in [0.1, 0.15) is 11.6 Å². The fourth-order valence-corrected chi connectivity index (χ4v) is 4.97. The van der Waals surface area contributed by atoms with Gasteiger partial charge in [-0.25, -0.2) is 9.97 Å². The second kappa shape index (κ2) is 6.19. The third-order valence-corrected chi connectivity index (χ3v) is 6.19. The summed E-state index contributed by atoms with van der Waals surface area (Å²) in [5.74, 6) is 2.08. The van der Waals surface area contributed by atoms with Crippen molar-refractivity contribution in [3.05, 3.63) is 36.4 Å². The summed E-state index contributed by atoms with van der Waals surface area (Å²) in [5.41, 5.74) is -0.933. The second-order valence-electron chi connectivity index (χ2n) is 7.49. The van der Waals surface area contributed by atoms with Crippen molar-refractivity contribution in [1.29, 1.82) is 0 Å². The van der Waals surface area contributed by atoms with E-state index in [0.717, 1.165) is 63.0 Å². The number of imidazole rings is 2. The number of rotatable bonds is 4. The van der Waals surface area contributed by atoms with Crippen LogP contribution in [-0.2, 0) is 15.6 Å². The maximum absolute atomic E-state index is 14.1. The molecule has 0 saturated heterocycles. The molecule has 2 aliphatic carbocycles. The van der Waals surface area contributed by atoms with Crippen LogP contribution in [0.5, 0.6) is 0 Å². The molecule has 0 spiro atoms. The lowest BCUT2D eigenvalue weighted by atomic mass is 9.58. The Hall–Kier alpha value is -1.91. The molecule has 0 bridgehead atoms. The van der Waals surface area contributed by atoms with Crippen molar-refractivity contribution in [2.24, 2.45) is 0 Å². The highest BCUT2D eigenvalue weighted by Gasteiger charge is 2.54. The largest absolute Gasteiger partial charge is 0.348 e. The van der Waals surface area contributed by atoms with Gasteiger partial charge in [0.15, 0.2) is 5.78 Å². The Balaban J connectivity index is 1.80. The van der Waals surface area contributed by atoms with E-state index in [4.69, 9.17) is 0 Å². The van der Waals surface area contributed by atoms with Crippen molar-refractivity contribution >= 4 is 5.78 Å². The highest BCUT2D eigenvalue weighted by atomic mass is 16.1. The average molecular weight is 326 g/mol. The quantitative estimate of drug-likeness (QED) is 0.897. The van der Waals surface area contributed by atoms with E-state index in [1.807, 2.05) is 12.4 Å². The standard InChI is InChI=1S/C19H26N4O/c24-15(18(7-3-1-4-8-18)16-20-11-12-21-16)19(9-5-2-6-10-19)17-22-13-14-23-17/h11-14H,1-10H2,(H,20,21)(H,22,23). The average Bonchev–Trinajstić information content (AvgIpc) is 3.36. The molecule has 2 saturated carbocycles. The number of nitrogens with one attached hydrogen (secondary N) is 2. The summed E-state index contributed by atoms with van der Waals surface area (Å²) in [6.45, 7) is 0. The number of carbonyl (C=O) groups is 1. The van der Waals surface area contributed by atoms with E-state index in [1.165, 1.54) is 12.8 Å². The molecule has 4 rings (SSSR count). The smallest absolute Gasteiger partial charge is 0.160 e. The van der Waals surface area contributed by atoms with Gasteiger partial charge in [0.2, 0.25) is 0 Å². The van der Waals surface area contributed by atoms with Crippen LogP contribution in [0.3, 0.4) is 0 Å². The maximum atomic E-state index is 14.1. The van der Waals surface area contributed by atoms with Crippen LogP contribution in [0.25, 0.3) is 0 Å². The van der Waals surface area contributed by atoms with Crippen LogP contribution < -0.4 is 0 Å². The first kappa shape index (κ1) is 15.6. The normalized spacial score (nSPS) is 23.0. The van der Waals surface area contributed by atoms with Crippen molar-refractivity contribution < 1.29 is 4.79 Å². The minimum atomic E-state index is -0.466. The fraction of sp³-hybridized carbons (Fsp3) is 0.632. The van der Waals surface area contributed by atoms with E-state index in [2.05, 4.69) is 19.9 Å². The summed E-state index contributed by atoms with van der Waals surface area (Å²) in [6, 6.07) is 0. The number of aromatic amines is 2. The molecule has 128 valence electrons. The van der Waals surface area contributed by atoms with Crippen LogP contribution in [0.2, 0.25) is 0 Å². The summed E-state index contributed by atoms with van der Waals surface area (Å²) in [5, 5.41) is 0. The summed E-state index contributed by atoms with van der Waals surface area (Å²) >= 11 is 0. The Bertz CT molecular complexity index is 604. The minimum Gasteiger partial charge on any atom is -0.348 e. The molecule has 2 fully saturated rings. The molecule has 0 atom stereocenters. The molecule has 0 aromatic carbocycles. The van der Waals surface area contributed by atoms with Gasteiger partial charge in [0, 0.05) is 24.8 Å². The van der Waals surface area contributed by atoms with Gasteiger partial charge in [-0.1, -0.05) is 38.5 Å². The molecular weight excluding hydrogens is 300 g/mol. The van der Waals surface area contributed by atoms with Gasteiger partial charge < -0.3 is 9.97 Å². The molecule has 0 aliphatic heterocycles. The van der Waals surface area contributed by atoms with Crippen molar-refractivity contribution in [2.45, 2.75) is 75.0 Å². The van der Waals surface area contributed by atoms with Crippen molar-refractivity contribution in [3.8, 4) is 0 Å². The summed E-state index contributed by atoms with van der Waals surface area (Å²) in [7, 11) is 0. The Kier molecular flexibility index (Phi) is 4.02. The van der Waals surface area contributed by atoms with E-state index >= 15 is 0 Å². The van der Waals surface area contributed by atoms with E-state index < -0.39 is 10.8 Å². The van der Waals surface area contributed by atoms with E-state index in [-0.39, 0.29) is 0 Å². The monoisotopic (exact) mass is 326 g/mol. The Morgan fingerprint density at radius 1 is 0.750 bits per heavy atom.